The molecule has 6 atom stereocenters. The first-order valence-electron chi connectivity index (χ1n) is 12.0. The molecule has 3 fully saturated rings. The normalized spacial score (nSPS) is 43.1. The van der Waals surface area contributed by atoms with Gasteiger partial charge in [0, 0.05) is 6.61 Å². The van der Waals surface area contributed by atoms with Crippen molar-refractivity contribution in [2.75, 3.05) is 6.61 Å². The van der Waals surface area contributed by atoms with Gasteiger partial charge >= 0.3 is 6.11 Å². The molecule has 0 aliphatic heterocycles. The number of alkyl halides is 2. The van der Waals surface area contributed by atoms with E-state index in [9.17, 15) is 13.9 Å². The molecule has 6 unspecified atom stereocenters. The van der Waals surface area contributed by atoms with Gasteiger partial charge in [-0.05, 0) is 86.9 Å². The van der Waals surface area contributed by atoms with Crippen LogP contribution in [0.5, 0.6) is 0 Å². The predicted octanol–water partition coefficient (Wildman–Crippen LogP) is 6.66. The summed E-state index contributed by atoms with van der Waals surface area (Å²) in [5.74, 6) is 3.17. The SMILES string of the molecule is CC1CCC(C(F)(F)OC2CCC(C3CCC(CCO)CC3C)C(C)C2)CC1. The third-order valence-corrected chi connectivity index (χ3v) is 8.43. The fourth-order valence-electron chi connectivity index (χ4n) is 6.64. The number of hydrogen-bond donors (Lipinski definition) is 1. The van der Waals surface area contributed by atoms with Crippen molar-refractivity contribution in [1.29, 1.82) is 0 Å². The molecule has 28 heavy (non-hydrogen) atoms. The lowest BCUT2D eigenvalue weighted by molar-refractivity contribution is -0.304. The first-order valence-corrected chi connectivity index (χ1v) is 12.0. The first-order chi connectivity index (χ1) is 13.3. The Morgan fingerprint density at radius 1 is 0.821 bits per heavy atom. The second-order valence-electron chi connectivity index (χ2n) is 10.5. The quantitative estimate of drug-likeness (QED) is 0.540. The molecule has 0 aromatic rings. The van der Waals surface area contributed by atoms with Crippen molar-refractivity contribution in [3.05, 3.63) is 0 Å². The van der Waals surface area contributed by atoms with Crippen LogP contribution >= 0.6 is 0 Å². The molecule has 1 N–H and O–H groups in total. The van der Waals surface area contributed by atoms with Crippen molar-refractivity contribution in [2.24, 2.45) is 41.4 Å². The van der Waals surface area contributed by atoms with E-state index in [4.69, 9.17) is 4.74 Å². The number of aliphatic hydroxyl groups is 1. The van der Waals surface area contributed by atoms with Crippen LogP contribution in [0.2, 0.25) is 0 Å². The molecule has 0 aromatic carbocycles. The first kappa shape index (κ1) is 22.5. The van der Waals surface area contributed by atoms with Crippen LogP contribution < -0.4 is 0 Å². The Bertz CT molecular complexity index is 475. The molecule has 0 aromatic heterocycles. The Morgan fingerprint density at radius 2 is 1.43 bits per heavy atom. The van der Waals surface area contributed by atoms with Crippen molar-refractivity contribution in [1.82, 2.24) is 0 Å². The highest BCUT2D eigenvalue weighted by atomic mass is 19.3. The van der Waals surface area contributed by atoms with Gasteiger partial charge in [0.15, 0.2) is 0 Å². The highest BCUT2D eigenvalue weighted by Crippen LogP contribution is 2.48. The summed E-state index contributed by atoms with van der Waals surface area (Å²) in [6.45, 7) is 7.08. The maximum Gasteiger partial charge on any atom is 0.358 e. The summed E-state index contributed by atoms with van der Waals surface area (Å²) in [6, 6.07) is 0. The minimum absolute atomic E-state index is 0.276. The summed E-state index contributed by atoms with van der Waals surface area (Å²) in [5, 5.41) is 9.22. The zero-order chi connectivity index (χ0) is 20.3. The molecule has 3 aliphatic carbocycles. The van der Waals surface area contributed by atoms with E-state index in [-0.39, 0.29) is 6.10 Å². The van der Waals surface area contributed by atoms with E-state index in [1.807, 2.05) is 0 Å². The fourth-order valence-corrected chi connectivity index (χ4v) is 6.64. The summed E-state index contributed by atoms with van der Waals surface area (Å²) < 4.78 is 34.9. The van der Waals surface area contributed by atoms with E-state index in [0.717, 1.165) is 38.5 Å². The van der Waals surface area contributed by atoms with E-state index in [0.29, 0.717) is 55.0 Å². The lowest BCUT2D eigenvalue weighted by Crippen LogP contribution is -2.42. The number of halogens is 2. The second kappa shape index (κ2) is 9.73. The monoisotopic (exact) mass is 400 g/mol. The predicted molar refractivity (Wildman–Crippen MR) is 109 cm³/mol. The standard InChI is InChI=1S/C24H42F2O2/c1-16-4-7-20(8-5-16)24(25,26)28-21-9-11-23(18(3)15-21)22-10-6-19(12-13-27)14-17(22)2/h16-23,27H,4-15H2,1-3H3. The highest BCUT2D eigenvalue weighted by Gasteiger charge is 2.46. The van der Waals surface area contributed by atoms with E-state index in [1.54, 1.807) is 0 Å². The fraction of sp³-hybridized carbons (Fsp3) is 1.00. The minimum Gasteiger partial charge on any atom is -0.396 e. The van der Waals surface area contributed by atoms with E-state index in [1.165, 1.54) is 19.3 Å². The Hall–Kier alpha value is -0.220. The third-order valence-electron chi connectivity index (χ3n) is 8.43. The molecule has 3 aliphatic rings. The smallest absolute Gasteiger partial charge is 0.358 e. The van der Waals surface area contributed by atoms with Crippen molar-refractivity contribution in [3.8, 4) is 0 Å². The molecule has 0 bridgehead atoms. The maximum atomic E-state index is 14.7. The van der Waals surface area contributed by atoms with Crippen LogP contribution in [0.25, 0.3) is 0 Å². The zero-order valence-corrected chi connectivity index (χ0v) is 18.2. The molecule has 0 amide bonds. The molecule has 3 rings (SSSR count). The molecule has 164 valence electrons. The Kier molecular flexibility index (Phi) is 7.80. The van der Waals surface area contributed by atoms with Crippen LogP contribution in [0.15, 0.2) is 0 Å². The van der Waals surface area contributed by atoms with E-state index in [2.05, 4.69) is 20.8 Å². The molecule has 0 spiro atoms. The molecular weight excluding hydrogens is 358 g/mol. The van der Waals surface area contributed by atoms with Gasteiger partial charge in [-0.3, -0.25) is 0 Å². The van der Waals surface area contributed by atoms with Crippen molar-refractivity contribution < 1.29 is 18.6 Å². The van der Waals surface area contributed by atoms with Gasteiger partial charge in [0.25, 0.3) is 0 Å². The molecule has 2 nitrogen and oxygen atoms in total. The second-order valence-corrected chi connectivity index (χ2v) is 10.5. The summed E-state index contributed by atoms with van der Waals surface area (Å²) >= 11 is 0. The topological polar surface area (TPSA) is 29.5 Å². The summed E-state index contributed by atoms with van der Waals surface area (Å²) in [4.78, 5) is 0. The van der Waals surface area contributed by atoms with Gasteiger partial charge in [-0.2, -0.15) is 8.78 Å². The molecular formula is C24H42F2O2. The lowest BCUT2D eigenvalue weighted by Gasteiger charge is -2.45. The Morgan fingerprint density at radius 3 is 2.00 bits per heavy atom. The summed E-state index contributed by atoms with van der Waals surface area (Å²) in [6.07, 6.45) is 7.00. The number of hydrogen-bond acceptors (Lipinski definition) is 2. The van der Waals surface area contributed by atoms with Gasteiger partial charge < -0.3 is 9.84 Å². The summed E-state index contributed by atoms with van der Waals surface area (Å²) in [5.41, 5.74) is 0. The Balaban J connectivity index is 1.49. The largest absolute Gasteiger partial charge is 0.396 e. The van der Waals surface area contributed by atoms with E-state index < -0.39 is 12.0 Å². The van der Waals surface area contributed by atoms with E-state index >= 15 is 0 Å². The van der Waals surface area contributed by atoms with Crippen LogP contribution in [-0.4, -0.2) is 23.9 Å². The number of aliphatic hydroxyl groups excluding tert-OH is 1. The molecule has 4 heteroatoms. The zero-order valence-electron chi connectivity index (χ0n) is 18.2. The molecule has 0 saturated heterocycles. The maximum absolute atomic E-state index is 14.7. The average molecular weight is 401 g/mol. The van der Waals surface area contributed by atoms with Crippen LogP contribution in [0.1, 0.15) is 91.4 Å². The number of ether oxygens (including phenoxy) is 1. The highest BCUT2D eigenvalue weighted by molar-refractivity contribution is 4.89. The van der Waals surface area contributed by atoms with Crippen LogP contribution in [0.3, 0.4) is 0 Å². The van der Waals surface area contributed by atoms with Crippen molar-refractivity contribution in [2.45, 2.75) is 104 Å². The molecule has 0 heterocycles. The summed E-state index contributed by atoms with van der Waals surface area (Å²) in [7, 11) is 0. The number of rotatable bonds is 6. The van der Waals surface area contributed by atoms with Gasteiger partial charge in [0.2, 0.25) is 0 Å². The van der Waals surface area contributed by atoms with Gasteiger partial charge in [-0.1, -0.05) is 40.0 Å². The lowest BCUT2D eigenvalue weighted by atomic mass is 9.62. The van der Waals surface area contributed by atoms with Gasteiger partial charge in [0.05, 0.1) is 12.0 Å². The minimum atomic E-state index is -2.95. The average Bonchev–Trinajstić information content (AvgIpc) is 2.63. The van der Waals surface area contributed by atoms with Gasteiger partial charge in [-0.15, -0.1) is 0 Å². The van der Waals surface area contributed by atoms with Crippen molar-refractivity contribution >= 4 is 0 Å². The van der Waals surface area contributed by atoms with Crippen LogP contribution in [0.4, 0.5) is 8.78 Å². The van der Waals surface area contributed by atoms with Crippen LogP contribution in [0, 0.1) is 41.4 Å². The van der Waals surface area contributed by atoms with Gasteiger partial charge in [0.1, 0.15) is 0 Å². The van der Waals surface area contributed by atoms with Crippen molar-refractivity contribution in [3.63, 3.8) is 0 Å². The third kappa shape index (κ3) is 5.47. The molecule has 0 radical (unpaired) electrons. The molecule has 3 saturated carbocycles. The van der Waals surface area contributed by atoms with Crippen LogP contribution in [-0.2, 0) is 4.74 Å². The Labute approximate surface area is 170 Å². The van der Waals surface area contributed by atoms with Gasteiger partial charge in [-0.25, -0.2) is 0 Å².